The van der Waals surface area contributed by atoms with Gasteiger partial charge in [0.2, 0.25) is 0 Å². The minimum Gasteiger partial charge on any atom is -0.351 e. The van der Waals surface area contributed by atoms with E-state index in [-0.39, 0.29) is 0 Å². The van der Waals surface area contributed by atoms with Crippen LogP contribution in [0, 0.1) is 19.8 Å². The molecule has 1 aromatic rings. The van der Waals surface area contributed by atoms with Crippen molar-refractivity contribution in [2.24, 2.45) is 11.7 Å². The predicted molar refractivity (Wildman–Crippen MR) is 56.7 cm³/mol. The molecular weight excluding hydrogens is 160 g/mol. The second-order valence-corrected chi connectivity index (χ2v) is 3.82. The lowest BCUT2D eigenvalue weighted by molar-refractivity contribution is 0.437. The van der Waals surface area contributed by atoms with Crippen LogP contribution in [0.4, 0.5) is 0 Å². The molecule has 0 radical (unpaired) electrons. The predicted octanol–water partition coefficient (Wildman–Crippen LogP) is 2.09. The Morgan fingerprint density at radius 1 is 1.46 bits per heavy atom. The Bertz CT molecular complexity index is 259. The summed E-state index contributed by atoms with van der Waals surface area (Å²) < 4.78 is 2.30. The summed E-state index contributed by atoms with van der Waals surface area (Å²) >= 11 is 0. The maximum atomic E-state index is 5.67. The molecule has 0 amide bonds. The molecule has 0 spiro atoms. The van der Waals surface area contributed by atoms with Crippen molar-refractivity contribution < 1.29 is 0 Å². The molecule has 0 aliphatic rings. The highest BCUT2D eigenvalue weighted by atomic mass is 15.0. The van der Waals surface area contributed by atoms with E-state index in [0.717, 1.165) is 19.5 Å². The number of rotatable bonds is 4. The van der Waals surface area contributed by atoms with Crippen LogP contribution in [-0.4, -0.2) is 11.1 Å². The summed E-state index contributed by atoms with van der Waals surface area (Å²) in [6.45, 7) is 8.33. The van der Waals surface area contributed by atoms with Gasteiger partial charge in [-0.25, -0.2) is 0 Å². The number of aromatic nitrogens is 1. The van der Waals surface area contributed by atoms with Crippen LogP contribution in [0.25, 0.3) is 0 Å². The number of aryl methyl sites for hydroxylation is 2. The van der Waals surface area contributed by atoms with Gasteiger partial charge in [0.1, 0.15) is 0 Å². The van der Waals surface area contributed by atoms with E-state index in [4.69, 9.17) is 5.73 Å². The van der Waals surface area contributed by atoms with Crippen molar-refractivity contribution in [1.82, 2.24) is 4.57 Å². The first-order valence-electron chi connectivity index (χ1n) is 5.00. The van der Waals surface area contributed by atoms with Gasteiger partial charge in [0.25, 0.3) is 0 Å². The van der Waals surface area contributed by atoms with Crippen LogP contribution >= 0.6 is 0 Å². The van der Waals surface area contributed by atoms with E-state index in [1.165, 1.54) is 11.3 Å². The maximum absolute atomic E-state index is 5.67. The molecule has 2 heteroatoms. The zero-order valence-corrected chi connectivity index (χ0v) is 8.88. The molecule has 0 saturated heterocycles. The van der Waals surface area contributed by atoms with Crippen LogP contribution < -0.4 is 5.73 Å². The number of hydrogen-bond acceptors (Lipinski definition) is 1. The average Bonchev–Trinajstić information content (AvgIpc) is 2.41. The molecule has 13 heavy (non-hydrogen) atoms. The van der Waals surface area contributed by atoms with E-state index in [1.807, 2.05) is 0 Å². The van der Waals surface area contributed by atoms with Gasteiger partial charge >= 0.3 is 0 Å². The Labute approximate surface area is 80.7 Å². The fraction of sp³-hybridized carbons (Fsp3) is 0.636. The molecule has 1 unspecified atom stereocenters. The molecule has 1 rings (SSSR count). The van der Waals surface area contributed by atoms with Gasteiger partial charge in [0.05, 0.1) is 0 Å². The van der Waals surface area contributed by atoms with Gasteiger partial charge in [0.15, 0.2) is 0 Å². The highest BCUT2D eigenvalue weighted by Crippen LogP contribution is 2.11. The molecule has 0 fully saturated rings. The molecule has 1 heterocycles. The minimum atomic E-state index is 0.616. The zero-order chi connectivity index (χ0) is 9.84. The summed E-state index contributed by atoms with van der Waals surface area (Å²) in [4.78, 5) is 0. The first-order chi connectivity index (χ1) is 6.17. The van der Waals surface area contributed by atoms with Crippen molar-refractivity contribution in [3.63, 3.8) is 0 Å². The minimum absolute atomic E-state index is 0.616. The largest absolute Gasteiger partial charge is 0.351 e. The van der Waals surface area contributed by atoms with E-state index in [2.05, 4.69) is 37.6 Å². The van der Waals surface area contributed by atoms with E-state index < -0.39 is 0 Å². The van der Waals surface area contributed by atoms with E-state index in [0.29, 0.717) is 5.92 Å². The Kier molecular flexibility index (Phi) is 3.55. The Balaban J connectivity index is 2.67. The molecule has 2 N–H and O–H groups in total. The highest BCUT2D eigenvalue weighted by Gasteiger charge is 2.06. The molecule has 2 nitrogen and oxygen atoms in total. The van der Waals surface area contributed by atoms with Crippen molar-refractivity contribution in [3.8, 4) is 0 Å². The third-order valence-corrected chi connectivity index (χ3v) is 2.61. The Hall–Kier alpha value is -0.760. The van der Waals surface area contributed by atoms with Gasteiger partial charge in [-0.1, -0.05) is 13.3 Å². The third-order valence-electron chi connectivity index (χ3n) is 2.61. The lowest BCUT2D eigenvalue weighted by Gasteiger charge is -2.14. The number of nitrogens with zero attached hydrogens (tertiary/aromatic N) is 1. The first-order valence-corrected chi connectivity index (χ1v) is 5.00. The van der Waals surface area contributed by atoms with Crippen molar-refractivity contribution in [2.45, 2.75) is 33.7 Å². The quantitative estimate of drug-likeness (QED) is 0.755. The summed E-state index contributed by atoms with van der Waals surface area (Å²) in [6, 6.07) is 2.21. The standard InChI is InChI=1S/C11H20N2/c1-4-11(6-12)8-13-7-9(2)5-10(13)3/h5,7,11H,4,6,8,12H2,1-3H3. The van der Waals surface area contributed by atoms with Gasteiger partial charge in [-0.05, 0) is 37.9 Å². The molecule has 0 saturated carbocycles. The van der Waals surface area contributed by atoms with E-state index >= 15 is 0 Å². The maximum Gasteiger partial charge on any atom is 0.0262 e. The van der Waals surface area contributed by atoms with Crippen molar-refractivity contribution >= 4 is 0 Å². The van der Waals surface area contributed by atoms with E-state index in [1.54, 1.807) is 0 Å². The second kappa shape index (κ2) is 4.47. The molecule has 0 aliphatic carbocycles. The molecular formula is C11H20N2. The van der Waals surface area contributed by atoms with Gasteiger partial charge < -0.3 is 10.3 Å². The molecule has 0 aliphatic heterocycles. The summed E-state index contributed by atoms with van der Waals surface area (Å²) in [5, 5.41) is 0. The van der Waals surface area contributed by atoms with Crippen molar-refractivity contribution in [2.75, 3.05) is 6.54 Å². The van der Waals surface area contributed by atoms with Gasteiger partial charge in [-0.15, -0.1) is 0 Å². The van der Waals surface area contributed by atoms with Crippen LogP contribution in [0.2, 0.25) is 0 Å². The summed E-state index contributed by atoms with van der Waals surface area (Å²) in [7, 11) is 0. The fourth-order valence-corrected chi connectivity index (χ4v) is 1.64. The Morgan fingerprint density at radius 3 is 2.54 bits per heavy atom. The topological polar surface area (TPSA) is 30.9 Å². The molecule has 1 atom stereocenters. The van der Waals surface area contributed by atoms with Crippen molar-refractivity contribution in [3.05, 3.63) is 23.5 Å². The van der Waals surface area contributed by atoms with Gasteiger partial charge in [-0.2, -0.15) is 0 Å². The SMILES string of the molecule is CCC(CN)Cn1cc(C)cc1C. The third kappa shape index (κ3) is 2.59. The number of hydrogen-bond donors (Lipinski definition) is 1. The number of nitrogens with two attached hydrogens (primary N) is 1. The van der Waals surface area contributed by atoms with Gasteiger partial charge in [-0.3, -0.25) is 0 Å². The van der Waals surface area contributed by atoms with Crippen LogP contribution in [0.15, 0.2) is 12.3 Å². The zero-order valence-electron chi connectivity index (χ0n) is 8.88. The van der Waals surface area contributed by atoms with E-state index in [9.17, 15) is 0 Å². The summed E-state index contributed by atoms with van der Waals surface area (Å²) in [5.41, 5.74) is 8.35. The van der Waals surface area contributed by atoms with Crippen LogP contribution in [0.3, 0.4) is 0 Å². The van der Waals surface area contributed by atoms with Gasteiger partial charge in [0, 0.05) is 18.4 Å². The van der Waals surface area contributed by atoms with Crippen LogP contribution in [0.5, 0.6) is 0 Å². The molecule has 1 aromatic heterocycles. The van der Waals surface area contributed by atoms with Crippen LogP contribution in [0.1, 0.15) is 24.6 Å². The lowest BCUT2D eigenvalue weighted by Crippen LogP contribution is -2.19. The fourth-order valence-electron chi connectivity index (χ4n) is 1.64. The average molecular weight is 180 g/mol. The Morgan fingerprint density at radius 2 is 2.15 bits per heavy atom. The smallest absolute Gasteiger partial charge is 0.0262 e. The first kappa shape index (κ1) is 10.3. The van der Waals surface area contributed by atoms with Crippen molar-refractivity contribution in [1.29, 1.82) is 0 Å². The summed E-state index contributed by atoms with van der Waals surface area (Å²) in [5.74, 6) is 0.616. The highest BCUT2D eigenvalue weighted by molar-refractivity contribution is 5.15. The normalized spacial score (nSPS) is 13.2. The monoisotopic (exact) mass is 180 g/mol. The second-order valence-electron chi connectivity index (χ2n) is 3.82. The molecule has 0 bridgehead atoms. The lowest BCUT2D eigenvalue weighted by atomic mass is 10.1. The molecule has 74 valence electrons. The van der Waals surface area contributed by atoms with Crippen LogP contribution in [-0.2, 0) is 6.54 Å². The summed E-state index contributed by atoms with van der Waals surface area (Å²) in [6.07, 6.45) is 3.36. The molecule has 0 aromatic carbocycles.